The van der Waals surface area contributed by atoms with E-state index in [0.29, 0.717) is 21.4 Å². The molecule has 1 aliphatic heterocycles. The third kappa shape index (κ3) is 3.18. The lowest BCUT2D eigenvalue weighted by Crippen LogP contribution is -1.96. The summed E-state index contributed by atoms with van der Waals surface area (Å²) in [6, 6.07) is 13.1. The minimum absolute atomic E-state index is 0.336. The first-order valence-electron chi connectivity index (χ1n) is 7.35. The van der Waals surface area contributed by atoms with Gasteiger partial charge in [0.15, 0.2) is 0 Å². The number of esters is 1. The average Bonchev–Trinajstić information content (AvgIpc) is 3.31. The Balaban J connectivity index is 1.89. The number of hydrogen-bond acceptors (Lipinski definition) is 4. The molecule has 0 atom stereocenters. The topological polar surface area (TPSA) is 26.3 Å². The van der Waals surface area contributed by atoms with Crippen molar-refractivity contribution in [1.82, 2.24) is 0 Å². The molecule has 1 aromatic carbocycles. The molecule has 0 unspecified atom stereocenters. The number of cyclic esters (lactones) is 1. The first kappa shape index (κ1) is 16.6. The van der Waals surface area contributed by atoms with E-state index in [1.165, 1.54) is 11.3 Å². The Hall–Kier alpha value is -1.85. The minimum atomic E-state index is -0.336. The Morgan fingerprint density at radius 1 is 0.880 bits per heavy atom. The zero-order valence-corrected chi connectivity index (χ0v) is 15.8. The van der Waals surface area contributed by atoms with E-state index in [-0.39, 0.29) is 5.97 Å². The highest BCUT2D eigenvalue weighted by atomic mass is 35.5. The summed E-state index contributed by atoms with van der Waals surface area (Å²) in [4.78, 5) is 14.4. The number of rotatable bonds is 3. The van der Waals surface area contributed by atoms with E-state index in [0.717, 1.165) is 20.9 Å². The maximum absolute atomic E-state index is 12.5. The van der Waals surface area contributed by atoms with Crippen molar-refractivity contribution < 1.29 is 9.53 Å². The Labute approximate surface area is 162 Å². The molecule has 0 saturated carbocycles. The molecule has 0 fully saturated rings. The fraction of sp³-hybridized carbons (Fsp3) is 0. The van der Waals surface area contributed by atoms with Gasteiger partial charge in [-0.25, -0.2) is 4.79 Å². The maximum atomic E-state index is 12.5. The molecule has 0 radical (unpaired) electrons. The summed E-state index contributed by atoms with van der Waals surface area (Å²) in [6.07, 6.45) is 1.82. The molecule has 124 valence electrons. The fourth-order valence-corrected chi connectivity index (χ4v) is 4.44. The molecule has 4 rings (SSSR count). The van der Waals surface area contributed by atoms with Gasteiger partial charge in [0.25, 0.3) is 0 Å². The molecular formula is C19H10Cl2O2S2. The number of allylic oxidation sites excluding steroid dienone is 1. The van der Waals surface area contributed by atoms with Crippen molar-refractivity contribution >= 4 is 69.1 Å². The molecule has 3 heterocycles. The van der Waals surface area contributed by atoms with E-state index in [2.05, 4.69) is 0 Å². The Bertz CT molecular complexity index is 1000. The monoisotopic (exact) mass is 404 g/mol. The highest BCUT2D eigenvalue weighted by Crippen LogP contribution is 2.43. The molecule has 0 N–H and O–H groups in total. The number of hydrogen-bond donors (Lipinski definition) is 0. The number of carbonyl (C=O) groups excluding carboxylic acids is 1. The van der Waals surface area contributed by atoms with Gasteiger partial charge in [0.1, 0.15) is 5.76 Å². The summed E-state index contributed by atoms with van der Waals surface area (Å²) in [5, 5.41) is 4.87. The van der Waals surface area contributed by atoms with Crippen molar-refractivity contribution in [2.45, 2.75) is 0 Å². The molecule has 6 heteroatoms. The van der Waals surface area contributed by atoms with E-state index in [9.17, 15) is 4.79 Å². The summed E-state index contributed by atoms with van der Waals surface area (Å²) >= 11 is 15.2. The van der Waals surface area contributed by atoms with Crippen LogP contribution in [0.25, 0.3) is 17.2 Å². The molecule has 2 aromatic heterocycles. The Morgan fingerprint density at radius 3 is 2.16 bits per heavy atom. The molecule has 0 spiro atoms. The van der Waals surface area contributed by atoms with E-state index in [4.69, 9.17) is 27.9 Å². The largest absolute Gasteiger partial charge is 0.422 e. The van der Waals surface area contributed by atoms with Crippen LogP contribution in [-0.4, -0.2) is 5.97 Å². The fourth-order valence-electron chi connectivity index (χ4n) is 2.59. The minimum Gasteiger partial charge on any atom is -0.422 e. The number of ether oxygens (including phenoxy) is 1. The molecule has 0 aliphatic carbocycles. The summed E-state index contributed by atoms with van der Waals surface area (Å²) in [7, 11) is 0. The van der Waals surface area contributed by atoms with Crippen LogP contribution < -0.4 is 0 Å². The molecule has 2 nitrogen and oxygen atoms in total. The van der Waals surface area contributed by atoms with Crippen LogP contribution in [0.15, 0.2) is 59.0 Å². The van der Waals surface area contributed by atoms with Crippen LogP contribution in [0.5, 0.6) is 0 Å². The predicted molar refractivity (Wildman–Crippen MR) is 106 cm³/mol. The van der Waals surface area contributed by atoms with E-state index in [1.54, 1.807) is 23.5 Å². The number of carbonyl (C=O) groups is 1. The van der Waals surface area contributed by atoms with Gasteiger partial charge in [-0.3, -0.25) is 0 Å². The zero-order valence-electron chi connectivity index (χ0n) is 12.7. The van der Waals surface area contributed by atoms with Gasteiger partial charge in [-0.2, -0.15) is 0 Å². The second kappa shape index (κ2) is 6.81. The lowest BCUT2D eigenvalue weighted by atomic mass is 10.0. The lowest BCUT2D eigenvalue weighted by molar-refractivity contribution is -0.131. The molecule has 0 bridgehead atoms. The van der Waals surface area contributed by atoms with Crippen molar-refractivity contribution in [3.63, 3.8) is 0 Å². The lowest BCUT2D eigenvalue weighted by Gasteiger charge is -2.04. The predicted octanol–water partition coefficient (Wildman–Crippen LogP) is 6.63. The van der Waals surface area contributed by atoms with E-state index in [1.807, 2.05) is 47.2 Å². The first-order chi connectivity index (χ1) is 12.1. The van der Waals surface area contributed by atoms with Crippen molar-refractivity contribution in [2.24, 2.45) is 0 Å². The van der Waals surface area contributed by atoms with Crippen LogP contribution in [0, 0.1) is 0 Å². The van der Waals surface area contributed by atoms with Gasteiger partial charge < -0.3 is 4.74 Å². The molecule has 0 saturated heterocycles. The summed E-state index contributed by atoms with van der Waals surface area (Å²) < 4.78 is 5.59. The highest BCUT2D eigenvalue weighted by molar-refractivity contribution is 7.12. The Kier molecular flexibility index (Phi) is 4.52. The van der Waals surface area contributed by atoms with Gasteiger partial charge in [0.05, 0.1) is 21.2 Å². The second-order valence-corrected chi connectivity index (χ2v) is 7.99. The third-order valence-electron chi connectivity index (χ3n) is 3.68. The van der Waals surface area contributed by atoms with Crippen molar-refractivity contribution in [3.05, 3.63) is 84.3 Å². The Morgan fingerprint density at radius 2 is 1.56 bits per heavy atom. The average molecular weight is 405 g/mol. The van der Waals surface area contributed by atoms with Crippen molar-refractivity contribution in [1.29, 1.82) is 0 Å². The van der Waals surface area contributed by atoms with Gasteiger partial charge in [-0.15, -0.1) is 22.7 Å². The van der Waals surface area contributed by atoms with Gasteiger partial charge in [0.2, 0.25) is 0 Å². The molecular weight excluding hydrogens is 395 g/mol. The smallest absolute Gasteiger partial charge is 0.345 e. The number of halogens is 2. The van der Waals surface area contributed by atoms with Gasteiger partial charge in [0, 0.05) is 9.75 Å². The van der Waals surface area contributed by atoms with Crippen molar-refractivity contribution in [2.75, 3.05) is 0 Å². The van der Waals surface area contributed by atoms with Crippen LogP contribution in [0.3, 0.4) is 0 Å². The number of benzene rings is 1. The molecule has 3 aromatic rings. The molecule has 1 aliphatic rings. The SMILES string of the molecule is O=C1OC(=Cc2ccc(Cl)c(Cl)c2)C(c2cccs2)=C1c1cccs1. The summed E-state index contributed by atoms with van der Waals surface area (Å²) in [6.45, 7) is 0. The van der Waals surface area contributed by atoms with Crippen LogP contribution in [0.4, 0.5) is 0 Å². The van der Waals surface area contributed by atoms with Crippen molar-refractivity contribution in [3.8, 4) is 0 Å². The number of thiophene rings is 2. The van der Waals surface area contributed by atoms with Gasteiger partial charge in [-0.05, 0) is 46.7 Å². The molecule has 25 heavy (non-hydrogen) atoms. The van der Waals surface area contributed by atoms with E-state index >= 15 is 0 Å². The second-order valence-electron chi connectivity index (χ2n) is 5.28. The first-order valence-corrected chi connectivity index (χ1v) is 9.86. The summed E-state index contributed by atoms with van der Waals surface area (Å²) in [5.74, 6) is 0.186. The van der Waals surface area contributed by atoms with Gasteiger partial charge in [-0.1, -0.05) is 41.4 Å². The van der Waals surface area contributed by atoms with Crippen LogP contribution in [0.2, 0.25) is 10.0 Å². The van der Waals surface area contributed by atoms with Crippen LogP contribution in [0.1, 0.15) is 15.3 Å². The standard InChI is InChI=1S/C19H10Cl2O2S2/c20-12-6-5-11(9-13(12)21)10-14-17(15-3-1-7-24-15)18(19(22)23-14)16-4-2-8-25-16/h1-10H. The zero-order chi connectivity index (χ0) is 17.4. The maximum Gasteiger partial charge on any atom is 0.345 e. The van der Waals surface area contributed by atoms with Gasteiger partial charge >= 0.3 is 5.97 Å². The molecule has 0 amide bonds. The highest BCUT2D eigenvalue weighted by Gasteiger charge is 2.33. The normalized spacial score (nSPS) is 15.9. The van der Waals surface area contributed by atoms with Crippen LogP contribution >= 0.6 is 45.9 Å². The summed E-state index contributed by atoms with van der Waals surface area (Å²) in [5.41, 5.74) is 2.23. The van der Waals surface area contributed by atoms with Crippen LogP contribution in [-0.2, 0) is 9.53 Å². The van der Waals surface area contributed by atoms with E-state index < -0.39 is 0 Å². The quantitative estimate of drug-likeness (QED) is 0.458. The third-order valence-corrected chi connectivity index (χ3v) is 6.19.